The first kappa shape index (κ1) is 18.9. The van der Waals surface area contributed by atoms with Crippen molar-refractivity contribution in [3.05, 3.63) is 77.4 Å². The van der Waals surface area contributed by atoms with Gasteiger partial charge in [0.15, 0.2) is 0 Å². The molecule has 0 heterocycles. The predicted molar refractivity (Wildman–Crippen MR) is 84.6 cm³/mol. The third-order valence-electron chi connectivity index (χ3n) is 3.12. The summed E-state index contributed by atoms with van der Waals surface area (Å²) in [6.07, 6.45) is 0. The van der Waals surface area contributed by atoms with E-state index in [4.69, 9.17) is 10.2 Å². The molecule has 0 radical (unpaired) electrons. The Balaban J connectivity index is 0.000000232. The number of carboxylic acid groups (broad SMARTS) is 2. The number of fused-ring (bicyclic) bond motifs is 1. The zero-order valence-corrected chi connectivity index (χ0v) is 16.1. The summed E-state index contributed by atoms with van der Waals surface area (Å²) in [7, 11) is 0. The maximum Gasteiger partial charge on any atom is 0.335 e. The van der Waals surface area contributed by atoms with Crippen LogP contribution in [0.15, 0.2) is 60.7 Å². The first-order valence-corrected chi connectivity index (χ1v) is 6.66. The molecule has 4 nitrogen and oxygen atoms in total. The molecule has 0 aliphatic carbocycles. The molecule has 0 atom stereocenters. The van der Waals surface area contributed by atoms with Crippen LogP contribution < -0.4 is 0 Å². The van der Waals surface area contributed by atoms with E-state index < -0.39 is 11.9 Å². The van der Waals surface area contributed by atoms with Gasteiger partial charge in [0.25, 0.3) is 0 Å². The molecule has 0 spiro atoms. The van der Waals surface area contributed by atoms with E-state index in [1.54, 1.807) is 6.92 Å². The second-order valence-electron chi connectivity index (χ2n) is 4.85. The first-order chi connectivity index (χ1) is 10.5. The van der Waals surface area contributed by atoms with E-state index >= 15 is 0 Å². The number of carboxylic acids is 2. The van der Waals surface area contributed by atoms with Gasteiger partial charge < -0.3 is 10.2 Å². The van der Waals surface area contributed by atoms with E-state index in [0.717, 1.165) is 6.07 Å². The molecule has 116 valence electrons. The Morgan fingerprint density at radius 2 is 1.48 bits per heavy atom. The molecule has 0 saturated carbocycles. The van der Waals surface area contributed by atoms with Crippen molar-refractivity contribution in [3.8, 4) is 0 Å². The van der Waals surface area contributed by atoms with Crippen LogP contribution in [0.3, 0.4) is 0 Å². The Bertz CT molecular complexity index is 758. The summed E-state index contributed by atoms with van der Waals surface area (Å²) in [5, 5.41) is 19.9. The second kappa shape index (κ2) is 8.48. The first-order valence-electron chi connectivity index (χ1n) is 6.66. The normalized spacial score (nSPS) is 9.43. The molecule has 3 aromatic rings. The molecule has 2 N–H and O–H groups in total. The van der Waals surface area contributed by atoms with E-state index in [1.807, 2.05) is 0 Å². The van der Waals surface area contributed by atoms with Gasteiger partial charge in [0.05, 0.1) is 11.1 Å². The van der Waals surface area contributed by atoms with Crippen molar-refractivity contribution in [3.63, 3.8) is 0 Å². The molecule has 3 rings (SSSR count). The van der Waals surface area contributed by atoms with Crippen molar-refractivity contribution in [2.45, 2.75) is 6.92 Å². The average Bonchev–Trinajstić information content (AvgIpc) is 2.95. The van der Waals surface area contributed by atoms with Crippen molar-refractivity contribution < 1.29 is 45.6 Å². The molecule has 0 aromatic heterocycles. The predicted octanol–water partition coefficient (Wildman–Crippen LogP) is 3.95. The van der Waals surface area contributed by atoms with Crippen molar-refractivity contribution in [1.29, 1.82) is 0 Å². The van der Waals surface area contributed by atoms with Gasteiger partial charge >= 0.3 is 11.9 Å². The van der Waals surface area contributed by atoms with Crippen LogP contribution in [0.1, 0.15) is 26.3 Å². The maximum atomic E-state index is 10.5. The summed E-state index contributed by atoms with van der Waals surface area (Å²) in [5.74, 6) is -2.24. The number of aromatic carboxylic acids is 2. The molecule has 0 aliphatic heterocycles. The van der Waals surface area contributed by atoms with Crippen LogP contribution >= 0.6 is 0 Å². The zero-order valence-electron chi connectivity index (χ0n) is 12.5. The molecule has 23 heavy (non-hydrogen) atoms. The van der Waals surface area contributed by atoms with Crippen LogP contribution in [0.2, 0.25) is 0 Å². The summed E-state index contributed by atoms with van der Waals surface area (Å²) in [6, 6.07) is 18.7. The SMILES string of the molecule is Cc1cc(C(=O)O)cc(C(=O)O)c1.[Hf].c1ccc2[cH-]ccc2c1. The number of hydrogen-bond acceptors (Lipinski definition) is 2. The monoisotopic (exact) mass is 475 g/mol. The summed E-state index contributed by atoms with van der Waals surface area (Å²) >= 11 is 0. The van der Waals surface area contributed by atoms with Gasteiger partial charge in [-0.1, -0.05) is 6.07 Å². The molecule has 0 bridgehead atoms. The number of rotatable bonds is 2. The minimum Gasteiger partial charge on any atom is -0.478 e. The third-order valence-corrected chi connectivity index (χ3v) is 3.12. The summed E-state index contributed by atoms with van der Waals surface area (Å²) in [4.78, 5) is 21.1. The summed E-state index contributed by atoms with van der Waals surface area (Å²) in [6.45, 7) is 1.65. The standard InChI is InChI=1S/C9H8O4.C9H7.Hf/c1-5-2-6(8(10)11)4-7(3-5)9(12)13;1-2-5-9-7-3-6-8(9)4-1;/h2-4H,1H3,(H,10,11)(H,12,13);1-7H;/q;-1;. The molecule has 0 amide bonds. The van der Waals surface area contributed by atoms with Gasteiger partial charge in [-0.3, -0.25) is 0 Å². The quantitative estimate of drug-likeness (QED) is 0.437. The molecule has 3 aromatic carbocycles. The van der Waals surface area contributed by atoms with E-state index in [0.29, 0.717) is 5.56 Å². The van der Waals surface area contributed by atoms with Gasteiger partial charge in [-0.2, -0.15) is 17.5 Å². The van der Waals surface area contributed by atoms with Gasteiger partial charge in [-0.25, -0.2) is 9.59 Å². The van der Waals surface area contributed by atoms with Crippen LogP contribution in [-0.4, -0.2) is 22.2 Å². The van der Waals surface area contributed by atoms with Crippen LogP contribution in [0, 0.1) is 6.92 Å². The van der Waals surface area contributed by atoms with Crippen molar-refractivity contribution >= 4 is 22.7 Å². The Labute approximate surface area is 152 Å². The van der Waals surface area contributed by atoms with Gasteiger partial charge in [-0.15, -0.1) is 29.7 Å². The van der Waals surface area contributed by atoms with E-state index in [2.05, 4.69) is 42.5 Å². The van der Waals surface area contributed by atoms with Crippen LogP contribution in [0.5, 0.6) is 0 Å². The number of aryl methyl sites for hydroxylation is 1. The van der Waals surface area contributed by atoms with Gasteiger partial charge in [0, 0.05) is 25.8 Å². The number of carbonyl (C=O) groups is 2. The Morgan fingerprint density at radius 1 is 0.913 bits per heavy atom. The van der Waals surface area contributed by atoms with E-state index in [9.17, 15) is 9.59 Å². The fraction of sp³-hybridized carbons (Fsp3) is 0.0556. The molecule has 0 fully saturated rings. The molecule has 0 saturated heterocycles. The molecular weight excluding hydrogens is 459 g/mol. The fourth-order valence-electron chi connectivity index (χ4n) is 2.10. The number of benzene rings is 2. The number of hydrogen-bond donors (Lipinski definition) is 2. The topological polar surface area (TPSA) is 74.6 Å². The van der Waals surface area contributed by atoms with Crippen LogP contribution in [-0.2, 0) is 25.8 Å². The molecule has 5 heteroatoms. The Kier molecular flexibility index (Phi) is 6.97. The average molecular weight is 474 g/mol. The second-order valence-corrected chi connectivity index (χ2v) is 4.85. The minimum absolute atomic E-state index is 0. The van der Waals surface area contributed by atoms with Gasteiger partial charge in [-0.05, 0) is 30.7 Å². The molecule has 0 unspecified atom stereocenters. The molecule has 0 aliphatic rings. The van der Waals surface area contributed by atoms with Crippen LogP contribution in [0.25, 0.3) is 10.8 Å². The zero-order chi connectivity index (χ0) is 16.1. The van der Waals surface area contributed by atoms with Crippen molar-refractivity contribution in [2.24, 2.45) is 0 Å². The van der Waals surface area contributed by atoms with Gasteiger partial charge in [0.1, 0.15) is 0 Å². The van der Waals surface area contributed by atoms with E-state index in [1.165, 1.54) is 22.9 Å². The fourth-order valence-corrected chi connectivity index (χ4v) is 2.10. The van der Waals surface area contributed by atoms with Crippen LogP contribution in [0.4, 0.5) is 0 Å². The Hall–Kier alpha value is -2.14. The summed E-state index contributed by atoms with van der Waals surface area (Å²) < 4.78 is 0. The third kappa shape index (κ3) is 5.21. The van der Waals surface area contributed by atoms with E-state index in [-0.39, 0.29) is 37.0 Å². The smallest absolute Gasteiger partial charge is 0.335 e. The Morgan fingerprint density at radius 3 is 2.00 bits per heavy atom. The van der Waals surface area contributed by atoms with Crippen molar-refractivity contribution in [1.82, 2.24) is 0 Å². The minimum atomic E-state index is -1.12. The maximum absolute atomic E-state index is 10.5. The van der Waals surface area contributed by atoms with Crippen molar-refractivity contribution in [2.75, 3.05) is 0 Å². The molecular formula is C18H15HfO4-. The van der Waals surface area contributed by atoms with Gasteiger partial charge in [0.2, 0.25) is 0 Å². The largest absolute Gasteiger partial charge is 0.478 e. The summed E-state index contributed by atoms with van der Waals surface area (Å²) in [5.41, 5.74) is 0.618.